The second kappa shape index (κ2) is 5.60. The van der Waals surface area contributed by atoms with E-state index in [1.165, 1.54) is 16.4 Å². The van der Waals surface area contributed by atoms with Crippen LogP contribution < -0.4 is 5.11 Å². The van der Waals surface area contributed by atoms with Crippen molar-refractivity contribution in [3.8, 4) is 0 Å². The van der Waals surface area contributed by atoms with Crippen molar-refractivity contribution < 1.29 is 18.3 Å². The van der Waals surface area contributed by atoms with Crippen LogP contribution in [-0.4, -0.2) is 31.8 Å². The normalized spacial score (nSPS) is 21.2. The summed E-state index contributed by atoms with van der Waals surface area (Å²) in [4.78, 5) is 11.0. The molecule has 0 saturated carbocycles. The van der Waals surface area contributed by atoms with E-state index in [1.807, 2.05) is 0 Å². The summed E-state index contributed by atoms with van der Waals surface area (Å²) in [6, 6.07) is 6.30. The molecule has 0 aromatic heterocycles. The third kappa shape index (κ3) is 3.16. The summed E-state index contributed by atoms with van der Waals surface area (Å²) < 4.78 is 26.7. The minimum absolute atomic E-state index is 0.0132. The first-order chi connectivity index (χ1) is 8.91. The smallest absolute Gasteiger partial charge is 0.243 e. The summed E-state index contributed by atoms with van der Waals surface area (Å²) >= 11 is 3.24. The molecule has 5 nitrogen and oxygen atoms in total. The second-order valence-electron chi connectivity index (χ2n) is 4.48. The summed E-state index contributed by atoms with van der Waals surface area (Å²) in [7, 11) is -3.62. The molecule has 1 saturated heterocycles. The number of carbonyl (C=O) groups excluding carboxylic acids is 1. The van der Waals surface area contributed by atoms with Crippen LogP contribution in [0.2, 0.25) is 0 Å². The van der Waals surface area contributed by atoms with E-state index in [9.17, 15) is 18.3 Å². The molecular weight excluding hydrogens is 334 g/mol. The van der Waals surface area contributed by atoms with E-state index in [2.05, 4.69) is 15.9 Å². The number of piperidine rings is 1. The van der Waals surface area contributed by atoms with Gasteiger partial charge in [0.15, 0.2) is 0 Å². The molecule has 0 aliphatic carbocycles. The maximum Gasteiger partial charge on any atom is 0.243 e. The number of rotatable bonds is 3. The van der Waals surface area contributed by atoms with E-state index >= 15 is 0 Å². The van der Waals surface area contributed by atoms with Crippen molar-refractivity contribution in [3.63, 3.8) is 0 Å². The molecule has 19 heavy (non-hydrogen) atoms. The zero-order valence-corrected chi connectivity index (χ0v) is 12.5. The van der Waals surface area contributed by atoms with Crippen molar-refractivity contribution >= 4 is 31.9 Å². The molecule has 0 spiro atoms. The van der Waals surface area contributed by atoms with Crippen molar-refractivity contribution in [3.05, 3.63) is 28.7 Å². The fourth-order valence-corrected chi connectivity index (χ4v) is 3.90. The van der Waals surface area contributed by atoms with Gasteiger partial charge in [-0.25, -0.2) is 8.42 Å². The monoisotopic (exact) mass is 346 g/mol. The van der Waals surface area contributed by atoms with Gasteiger partial charge in [-0.1, -0.05) is 15.9 Å². The SMILES string of the molecule is O=C([O-])[C@@H]1CCCN(S(=O)(=O)c2ccc(Br)cc2)C1. The number of carbonyl (C=O) groups is 1. The summed E-state index contributed by atoms with van der Waals surface area (Å²) in [5.74, 6) is -1.91. The Balaban J connectivity index is 2.24. The molecule has 7 heteroatoms. The number of aliphatic carboxylic acids is 1. The number of hydrogen-bond donors (Lipinski definition) is 0. The molecule has 1 atom stereocenters. The third-order valence-electron chi connectivity index (χ3n) is 3.17. The molecule has 2 rings (SSSR count). The summed E-state index contributed by atoms with van der Waals surface area (Å²) in [5, 5.41) is 10.9. The molecule has 1 heterocycles. The minimum Gasteiger partial charge on any atom is -0.550 e. The number of benzene rings is 1. The standard InChI is InChI=1S/C12H14BrNO4S/c13-10-3-5-11(6-4-10)19(17,18)14-7-1-2-9(8-14)12(15)16/h3-6,9H,1-2,7-8H2,(H,15,16)/p-1/t9-/m1/s1. The van der Waals surface area contributed by atoms with E-state index in [4.69, 9.17) is 0 Å². The average molecular weight is 347 g/mol. The Morgan fingerprint density at radius 2 is 1.95 bits per heavy atom. The lowest BCUT2D eigenvalue weighted by Crippen LogP contribution is -2.46. The van der Waals surface area contributed by atoms with Crippen LogP contribution in [0.5, 0.6) is 0 Å². The summed E-state index contributed by atoms with van der Waals surface area (Å²) in [6.45, 7) is 0.336. The van der Waals surface area contributed by atoms with Crippen LogP contribution in [0.15, 0.2) is 33.6 Å². The lowest BCUT2D eigenvalue weighted by atomic mass is 10.0. The van der Waals surface area contributed by atoms with Crippen LogP contribution in [0.25, 0.3) is 0 Å². The largest absolute Gasteiger partial charge is 0.550 e. The van der Waals surface area contributed by atoms with Crippen molar-refractivity contribution in [2.45, 2.75) is 17.7 Å². The highest BCUT2D eigenvalue weighted by Crippen LogP contribution is 2.24. The van der Waals surface area contributed by atoms with Gasteiger partial charge in [-0.05, 0) is 37.1 Å². The second-order valence-corrected chi connectivity index (χ2v) is 7.33. The third-order valence-corrected chi connectivity index (χ3v) is 5.58. The molecule has 1 aromatic carbocycles. The number of carboxylic acid groups (broad SMARTS) is 1. The van der Waals surface area contributed by atoms with Crippen LogP contribution >= 0.6 is 15.9 Å². The topological polar surface area (TPSA) is 77.5 Å². The quantitative estimate of drug-likeness (QED) is 0.802. The van der Waals surface area contributed by atoms with Gasteiger partial charge in [-0.3, -0.25) is 0 Å². The predicted octanol–water partition coefficient (Wildman–Crippen LogP) is 0.600. The van der Waals surface area contributed by atoms with Crippen LogP contribution in [0.1, 0.15) is 12.8 Å². The molecule has 0 bridgehead atoms. The van der Waals surface area contributed by atoms with E-state index in [1.54, 1.807) is 12.1 Å². The fraction of sp³-hybridized carbons (Fsp3) is 0.417. The molecule has 1 aliphatic heterocycles. The first-order valence-electron chi connectivity index (χ1n) is 5.88. The predicted molar refractivity (Wildman–Crippen MR) is 70.6 cm³/mol. The Kier molecular flexibility index (Phi) is 4.27. The Labute approximate surface area is 120 Å². The minimum atomic E-state index is -3.62. The molecule has 1 aromatic rings. The highest BCUT2D eigenvalue weighted by atomic mass is 79.9. The summed E-state index contributed by atoms with van der Waals surface area (Å²) in [5.41, 5.74) is 0. The molecule has 1 fully saturated rings. The van der Waals surface area contributed by atoms with Gasteiger partial charge in [0.2, 0.25) is 10.0 Å². The van der Waals surface area contributed by atoms with Gasteiger partial charge < -0.3 is 9.90 Å². The van der Waals surface area contributed by atoms with Crippen molar-refractivity contribution in [1.82, 2.24) is 4.31 Å². The van der Waals surface area contributed by atoms with Gasteiger partial charge in [0.1, 0.15) is 0 Å². The van der Waals surface area contributed by atoms with Gasteiger partial charge in [-0.2, -0.15) is 4.31 Å². The molecule has 1 aliphatic rings. The van der Waals surface area contributed by atoms with Crippen LogP contribution in [0.4, 0.5) is 0 Å². The number of nitrogens with zero attached hydrogens (tertiary/aromatic N) is 1. The van der Waals surface area contributed by atoms with Crippen LogP contribution in [-0.2, 0) is 14.8 Å². The first-order valence-corrected chi connectivity index (χ1v) is 8.11. The molecule has 104 valence electrons. The zero-order valence-electron chi connectivity index (χ0n) is 10.1. The maximum absolute atomic E-state index is 12.4. The highest BCUT2D eigenvalue weighted by Gasteiger charge is 2.30. The van der Waals surface area contributed by atoms with Gasteiger partial charge in [0.05, 0.1) is 4.90 Å². The molecule has 0 radical (unpaired) electrons. The van der Waals surface area contributed by atoms with Gasteiger partial charge in [-0.15, -0.1) is 0 Å². The lowest BCUT2D eigenvalue weighted by Gasteiger charge is -2.32. The zero-order chi connectivity index (χ0) is 14.0. The lowest BCUT2D eigenvalue weighted by molar-refractivity contribution is -0.312. The van der Waals surface area contributed by atoms with Crippen molar-refractivity contribution in [1.29, 1.82) is 0 Å². The number of carboxylic acids is 1. The van der Waals surface area contributed by atoms with Crippen molar-refractivity contribution in [2.75, 3.05) is 13.1 Å². The highest BCUT2D eigenvalue weighted by molar-refractivity contribution is 9.10. The van der Waals surface area contributed by atoms with E-state index in [0.717, 1.165) is 4.47 Å². The molecular formula is C12H13BrNO4S-. The first kappa shape index (κ1) is 14.5. The molecule has 0 unspecified atom stereocenters. The number of halogens is 1. The Hall–Kier alpha value is -0.920. The van der Waals surface area contributed by atoms with E-state index in [0.29, 0.717) is 19.4 Å². The average Bonchev–Trinajstić information content (AvgIpc) is 2.39. The number of hydrogen-bond acceptors (Lipinski definition) is 4. The maximum atomic E-state index is 12.4. The number of sulfonamides is 1. The fourth-order valence-electron chi connectivity index (χ4n) is 2.11. The Morgan fingerprint density at radius 3 is 2.53 bits per heavy atom. The molecule has 0 N–H and O–H groups in total. The van der Waals surface area contributed by atoms with Crippen LogP contribution in [0, 0.1) is 5.92 Å². The molecule has 0 amide bonds. The summed E-state index contributed by atoms with van der Waals surface area (Å²) in [6.07, 6.45) is 1.00. The van der Waals surface area contributed by atoms with E-state index < -0.39 is 21.9 Å². The van der Waals surface area contributed by atoms with Crippen LogP contribution in [0.3, 0.4) is 0 Å². The van der Waals surface area contributed by atoms with Gasteiger partial charge in [0.25, 0.3) is 0 Å². The van der Waals surface area contributed by atoms with Gasteiger partial charge in [0, 0.05) is 29.4 Å². The van der Waals surface area contributed by atoms with E-state index in [-0.39, 0.29) is 11.4 Å². The van der Waals surface area contributed by atoms with Gasteiger partial charge >= 0.3 is 0 Å². The Morgan fingerprint density at radius 1 is 1.32 bits per heavy atom. The van der Waals surface area contributed by atoms with Crippen molar-refractivity contribution in [2.24, 2.45) is 5.92 Å². The Bertz CT molecular complexity index is 570.